The molecule has 0 saturated heterocycles. The van der Waals surface area contributed by atoms with Crippen molar-refractivity contribution in [2.75, 3.05) is 27.4 Å². The summed E-state index contributed by atoms with van der Waals surface area (Å²) in [4.78, 5) is 0. The maximum absolute atomic E-state index is 6.63. The number of methoxy groups -OCH3 is 2. The molecule has 0 aliphatic carbocycles. The topological polar surface area (TPSA) is 61.8 Å². The number of para-hydroxylation sites is 1. The Morgan fingerprint density at radius 3 is 2.34 bits per heavy atom. The van der Waals surface area contributed by atoms with Crippen molar-refractivity contribution in [3.05, 3.63) is 77.4 Å². The molecule has 0 N–H and O–H groups in total. The minimum absolute atomic E-state index is 0.0124. The third kappa shape index (κ3) is 4.22. The van der Waals surface area contributed by atoms with Crippen LogP contribution in [0.1, 0.15) is 49.2 Å². The lowest BCUT2D eigenvalue weighted by atomic mass is 9.95. The Morgan fingerprint density at radius 1 is 0.857 bits per heavy atom. The van der Waals surface area contributed by atoms with Gasteiger partial charge in [0.25, 0.3) is 0 Å². The second-order valence-electron chi connectivity index (χ2n) is 8.29. The van der Waals surface area contributed by atoms with Crippen LogP contribution in [0.15, 0.2) is 65.8 Å². The lowest BCUT2D eigenvalue weighted by molar-refractivity contribution is -0.0226. The highest BCUT2D eigenvalue weighted by Crippen LogP contribution is 2.52. The number of fused-ring (bicyclic) bond motifs is 3. The van der Waals surface area contributed by atoms with Crippen LogP contribution in [0.5, 0.6) is 28.7 Å². The second-order valence-corrected chi connectivity index (χ2v) is 8.29. The number of benzene rings is 3. The van der Waals surface area contributed by atoms with E-state index >= 15 is 0 Å². The van der Waals surface area contributed by atoms with Gasteiger partial charge in [-0.2, -0.15) is 5.10 Å². The molecular formula is C28H30N2O5. The van der Waals surface area contributed by atoms with E-state index in [0.29, 0.717) is 19.0 Å². The molecule has 7 nitrogen and oxygen atoms in total. The van der Waals surface area contributed by atoms with E-state index in [1.807, 2.05) is 61.3 Å². The highest BCUT2D eigenvalue weighted by atomic mass is 16.5. The standard InChI is InChI=1S/C28H30N2O5/c1-5-33-19-12-10-18(11-13-19)23-17-24-21-8-7-9-26(34-6-2)27(21)35-28(30(24)29-23)22-16-20(31-3)14-15-25(22)32-4/h7-16,24,28H,5-6,17H2,1-4H3/t24-,28-/m0/s1. The van der Waals surface area contributed by atoms with Crippen molar-refractivity contribution in [3.63, 3.8) is 0 Å². The van der Waals surface area contributed by atoms with Gasteiger partial charge in [-0.3, -0.25) is 0 Å². The van der Waals surface area contributed by atoms with E-state index in [4.69, 9.17) is 28.8 Å². The van der Waals surface area contributed by atoms with Gasteiger partial charge in [-0.05, 0) is 67.9 Å². The zero-order valence-electron chi connectivity index (χ0n) is 20.5. The molecule has 3 aromatic carbocycles. The Labute approximate surface area is 205 Å². The molecule has 5 rings (SSSR count). The van der Waals surface area contributed by atoms with Gasteiger partial charge in [0.05, 0.1) is 44.8 Å². The molecule has 0 radical (unpaired) electrons. The minimum atomic E-state index is -0.514. The SMILES string of the molecule is CCOc1ccc(C2=NN3[C@@H](C2)c2cccc(OCC)c2O[C@H]3c2cc(OC)ccc2OC)cc1. The van der Waals surface area contributed by atoms with Crippen LogP contribution in [0.4, 0.5) is 0 Å². The van der Waals surface area contributed by atoms with Crippen LogP contribution in [0.2, 0.25) is 0 Å². The molecule has 0 fully saturated rings. The van der Waals surface area contributed by atoms with Gasteiger partial charge in [-0.25, -0.2) is 5.01 Å². The van der Waals surface area contributed by atoms with E-state index in [1.165, 1.54) is 0 Å². The maximum atomic E-state index is 6.63. The Kier molecular flexibility index (Phi) is 6.40. The normalized spacial score (nSPS) is 18.2. The molecule has 2 aliphatic rings. The molecule has 2 aliphatic heterocycles. The van der Waals surface area contributed by atoms with E-state index in [2.05, 4.69) is 18.2 Å². The molecule has 3 aromatic rings. The number of rotatable bonds is 8. The van der Waals surface area contributed by atoms with Gasteiger partial charge in [-0.15, -0.1) is 0 Å². The molecule has 2 atom stereocenters. The largest absolute Gasteiger partial charge is 0.497 e. The van der Waals surface area contributed by atoms with Crippen molar-refractivity contribution in [1.29, 1.82) is 0 Å². The Bertz CT molecular complexity index is 1220. The van der Waals surface area contributed by atoms with Crippen LogP contribution in [0.3, 0.4) is 0 Å². The van der Waals surface area contributed by atoms with Gasteiger partial charge >= 0.3 is 0 Å². The van der Waals surface area contributed by atoms with Crippen molar-refractivity contribution in [2.45, 2.75) is 32.5 Å². The molecule has 0 spiro atoms. The minimum Gasteiger partial charge on any atom is -0.497 e. The summed E-state index contributed by atoms with van der Waals surface area (Å²) < 4.78 is 29.4. The number of hydrogen-bond acceptors (Lipinski definition) is 7. The van der Waals surface area contributed by atoms with E-state index < -0.39 is 6.23 Å². The van der Waals surface area contributed by atoms with Gasteiger partial charge in [0, 0.05) is 12.0 Å². The Hall–Kier alpha value is -3.87. The quantitative estimate of drug-likeness (QED) is 0.415. The van der Waals surface area contributed by atoms with Crippen molar-refractivity contribution < 1.29 is 23.7 Å². The summed E-state index contributed by atoms with van der Waals surface area (Å²) in [5, 5.41) is 7.10. The summed E-state index contributed by atoms with van der Waals surface area (Å²) in [5.41, 5.74) is 3.94. The van der Waals surface area contributed by atoms with Crippen LogP contribution in [-0.4, -0.2) is 38.2 Å². The molecule has 182 valence electrons. The number of ether oxygens (including phenoxy) is 5. The second kappa shape index (κ2) is 9.78. The molecule has 0 unspecified atom stereocenters. The molecule has 7 heteroatoms. The van der Waals surface area contributed by atoms with E-state index in [9.17, 15) is 0 Å². The van der Waals surface area contributed by atoms with Crippen LogP contribution in [0.25, 0.3) is 0 Å². The fourth-order valence-corrected chi connectivity index (χ4v) is 4.68. The van der Waals surface area contributed by atoms with Crippen LogP contribution in [0, 0.1) is 0 Å². The molecule has 0 bridgehead atoms. The van der Waals surface area contributed by atoms with Gasteiger partial charge in [0.15, 0.2) is 11.5 Å². The molecule has 2 heterocycles. The first-order chi connectivity index (χ1) is 17.2. The molecule has 0 amide bonds. The van der Waals surface area contributed by atoms with Crippen molar-refractivity contribution in [3.8, 4) is 28.7 Å². The number of nitrogens with zero attached hydrogens (tertiary/aromatic N) is 2. The summed E-state index contributed by atoms with van der Waals surface area (Å²) in [5.74, 6) is 3.75. The third-order valence-electron chi connectivity index (χ3n) is 6.28. The zero-order chi connectivity index (χ0) is 24.4. The monoisotopic (exact) mass is 474 g/mol. The van der Waals surface area contributed by atoms with E-state index in [0.717, 1.165) is 51.8 Å². The summed E-state index contributed by atoms with van der Waals surface area (Å²) in [6.45, 7) is 5.14. The molecule has 35 heavy (non-hydrogen) atoms. The third-order valence-corrected chi connectivity index (χ3v) is 6.28. The Balaban J connectivity index is 1.60. The molecular weight excluding hydrogens is 444 g/mol. The predicted molar refractivity (Wildman–Crippen MR) is 134 cm³/mol. The van der Waals surface area contributed by atoms with Crippen molar-refractivity contribution >= 4 is 5.71 Å². The van der Waals surface area contributed by atoms with Crippen LogP contribution < -0.4 is 23.7 Å². The van der Waals surface area contributed by atoms with Gasteiger partial charge in [0.1, 0.15) is 17.2 Å². The fourth-order valence-electron chi connectivity index (χ4n) is 4.68. The van der Waals surface area contributed by atoms with Crippen LogP contribution >= 0.6 is 0 Å². The van der Waals surface area contributed by atoms with Gasteiger partial charge < -0.3 is 23.7 Å². The zero-order valence-corrected chi connectivity index (χ0v) is 20.5. The summed E-state index contributed by atoms with van der Waals surface area (Å²) in [7, 11) is 3.31. The Morgan fingerprint density at radius 2 is 1.63 bits per heavy atom. The first kappa shape index (κ1) is 22.9. The first-order valence-electron chi connectivity index (χ1n) is 11.9. The number of hydrazone groups is 1. The highest BCUT2D eigenvalue weighted by Gasteiger charge is 2.43. The van der Waals surface area contributed by atoms with Gasteiger partial charge in [-0.1, -0.05) is 12.1 Å². The lowest BCUT2D eigenvalue weighted by Gasteiger charge is -2.39. The molecule has 0 saturated carbocycles. The van der Waals surface area contributed by atoms with Gasteiger partial charge in [0.2, 0.25) is 6.23 Å². The van der Waals surface area contributed by atoms with E-state index in [1.54, 1.807) is 14.2 Å². The smallest absolute Gasteiger partial charge is 0.217 e. The highest BCUT2D eigenvalue weighted by molar-refractivity contribution is 6.02. The maximum Gasteiger partial charge on any atom is 0.217 e. The van der Waals surface area contributed by atoms with E-state index in [-0.39, 0.29) is 6.04 Å². The van der Waals surface area contributed by atoms with Crippen molar-refractivity contribution in [2.24, 2.45) is 5.10 Å². The van der Waals surface area contributed by atoms with Crippen molar-refractivity contribution in [1.82, 2.24) is 5.01 Å². The average Bonchev–Trinajstić information content (AvgIpc) is 3.35. The molecule has 0 aromatic heterocycles. The lowest BCUT2D eigenvalue weighted by Crippen LogP contribution is -2.34. The first-order valence-corrected chi connectivity index (χ1v) is 11.9. The summed E-state index contributed by atoms with van der Waals surface area (Å²) in [6.07, 6.45) is 0.224. The fraction of sp³-hybridized carbons (Fsp3) is 0.321. The number of hydrogen-bond donors (Lipinski definition) is 0. The average molecular weight is 475 g/mol. The van der Waals surface area contributed by atoms with Crippen LogP contribution in [-0.2, 0) is 0 Å². The summed E-state index contributed by atoms with van der Waals surface area (Å²) in [6, 6.07) is 19.8. The predicted octanol–water partition coefficient (Wildman–Crippen LogP) is 5.74. The summed E-state index contributed by atoms with van der Waals surface area (Å²) >= 11 is 0.